The summed E-state index contributed by atoms with van der Waals surface area (Å²) in [5.41, 5.74) is 3.29. The van der Waals surface area contributed by atoms with Gasteiger partial charge in [0.05, 0.1) is 22.5 Å². The monoisotopic (exact) mass is 290 g/mol. The summed E-state index contributed by atoms with van der Waals surface area (Å²) in [6, 6.07) is 7.01. The van der Waals surface area contributed by atoms with Gasteiger partial charge < -0.3 is 10.6 Å². The van der Waals surface area contributed by atoms with E-state index in [1.54, 1.807) is 49.1 Å². The summed E-state index contributed by atoms with van der Waals surface area (Å²) in [6.45, 7) is 0. The number of fused-ring (bicyclic) bond motifs is 1. The Kier molecular flexibility index (Phi) is 2.62. The second-order valence-corrected chi connectivity index (χ2v) is 4.88. The van der Waals surface area contributed by atoms with Crippen molar-refractivity contribution in [3.05, 3.63) is 71.3 Å². The zero-order valence-corrected chi connectivity index (χ0v) is 11.3. The Morgan fingerprint density at radius 3 is 1.36 bits per heavy atom. The van der Waals surface area contributed by atoms with E-state index in [-0.39, 0.29) is 11.8 Å². The Balaban J connectivity index is 1.93. The molecule has 0 aromatic carbocycles. The summed E-state index contributed by atoms with van der Waals surface area (Å²) in [7, 11) is 0. The molecular weight excluding hydrogens is 280 g/mol. The highest BCUT2D eigenvalue weighted by molar-refractivity contribution is 6.30. The molecule has 2 aliphatic heterocycles. The van der Waals surface area contributed by atoms with Crippen molar-refractivity contribution in [1.82, 2.24) is 20.6 Å². The highest BCUT2D eigenvalue weighted by Gasteiger charge is 2.40. The molecule has 2 aliphatic rings. The third-order valence-electron chi connectivity index (χ3n) is 3.62. The lowest BCUT2D eigenvalue weighted by atomic mass is 10.0. The van der Waals surface area contributed by atoms with Gasteiger partial charge in [-0.15, -0.1) is 0 Å². The lowest BCUT2D eigenvalue weighted by Crippen LogP contribution is -2.21. The maximum absolute atomic E-state index is 12.3. The van der Waals surface area contributed by atoms with Gasteiger partial charge in [-0.05, 0) is 24.3 Å². The smallest absolute Gasteiger partial charge is 0.258 e. The molecule has 4 rings (SSSR count). The number of pyridine rings is 2. The van der Waals surface area contributed by atoms with Crippen LogP contribution in [0.3, 0.4) is 0 Å². The van der Waals surface area contributed by atoms with E-state index in [2.05, 4.69) is 20.6 Å². The number of hydrogen-bond donors (Lipinski definition) is 2. The molecular formula is C16H10N4O2. The van der Waals surface area contributed by atoms with E-state index in [0.717, 1.165) is 11.1 Å². The number of rotatable bonds is 2. The standard InChI is InChI=1S/C16H10N4O2/c21-15-11-12(14(20-15)10-3-7-18-8-4-10)16(22)19-13(11)9-1-5-17-6-2-9/h1-8H,(H,19,22)(H,20,21). The number of nitrogens with zero attached hydrogens (tertiary/aromatic N) is 2. The van der Waals surface area contributed by atoms with Gasteiger partial charge in [-0.25, -0.2) is 0 Å². The van der Waals surface area contributed by atoms with E-state index in [4.69, 9.17) is 0 Å². The van der Waals surface area contributed by atoms with Crippen LogP contribution in [0.15, 0.2) is 60.2 Å². The SMILES string of the molecule is O=C1NC(c2ccncc2)=C2C(=O)NC(c3ccncc3)=C12. The van der Waals surface area contributed by atoms with Gasteiger partial charge in [0.25, 0.3) is 11.8 Å². The molecule has 106 valence electrons. The highest BCUT2D eigenvalue weighted by Crippen LogP contribution is 2.36. The van der Waals surface area contributed by atoms with Crippen LogP contribution in [0.2, 0.25) is 0 Å². The molecule has 4 heterocycles. The second kappa shape index (κ2) is 4.63. The van der Waals surface area contributed by atoms with Crippen molar-refractivity contribution in [2.75, 3.05) is 0 Å². The molecule has 0 spiro atoms. The van der Waals surface area contributed by atoms with E-state index >= 15 is 0 Å². The molecule has 0 radical (unpaired) electrons. The normalized spacial score (nSPS) is 16.7. The van der Waals surface area contributed by atoms with E-state index in [1.165, 1.54) is 0 Å². The topological polar surface area (TPSA) is 84.0 Å². The molecule has 0 fully saturated rings. The molecule has 0 saturated heterocycles. The molecule has 2 aromatic rings. The number of carbonyl (C=O) groups is 2. The summed E-state index contributed by atoms with van der Waals surface area (Å²) in [6.07, 6.45) is 6.47. The first-order valence-corrected chi connectivity index (χ1v) is 6.68. The molecule has 2 N–H and O–H groups in total. The highest BCUT2D eigenvalue weighted by atomic mass is 16.2. The largest absolute Gasteiger partial charge is 0.321 e. The molecule has 2 aromatic heterocycles. The van der Waals surface area contributed by atoms with Crippen LogP contribution in [0.4, 0.5) is 0 Å². The van der Waals surface area contributed by atoms with Crippen molar-refractivity contribution in [1.29, 1.82) is 0 Å². The van der Waals surface area contributed by atoms with E-state index in [1.807, 2.05) is 0 Å². The molecule has 0 aliphatic carbocycles. The van der Waals surface area contributed by atoms with Gasteiger partial charge in [0.15, 0.2) is 0 Å². The van der Waals surface area contributed by atoms with E-state index < -0.39 is 0 Å². The summed E-state index contributed by atoms with van der Waals surface area (Å²) < 4.78 is 0. The Morgan fingerprint density at radius 2 is 1.00 bits per heavy atom. The van der Waals surface area contributed by atoms with Crippen molar-refractivity contribution in [2.24, 2.45) is 0 Å². The molecule has 0 saturated carbocycles. The fourth-order valence-electron chi connectivity index (χ4n) is 2.65. The minimum Gasteiger partial charge on any atom is -0.321 e. The third-order valence-corrected chi connectivity index (χ3v) is 3.62. The maximum atomic E-state index is 12.3. The van der Waals surface area contributed by atoms with Crippen LogP contribution in [0.1, 0.15) is 11.1 Å². The van der Waals surface area contributed by atoms with Crippen molar-refractivity contribution in [3.63, 3.8) is 0 Å². The first-order valence-electron chi connectivity index (χ1n) is 6.68. The summed E-state index contributed by atoms with van der Waals surface area (Å²) >= 11 is 0. The minimum atomic E-state index is -0.285. The molecule has 0 unspecified atom stereocenters. The van der Waals surface area contributed by atoms with Gasteiger partial charge >= 0.3 is 0 Å². The van der Waals surface area contributed by atoms with Crippen molar-refractivity contribution < 1.29 is 9.59 Å². The van der Waals surface area contributed by atoms with Crippen LogP contribution in [0.5, 0.6) is 0 Å². The lowest BCUT2D eigenvalue weighted by Gasteiger charge is -2.06. The molecule has 22 heavy (non-hydrogen) atoms. The zero-order chi connectivity index (χ0) is 15.1. The molecule has 0 bridgehead atoms. The fourth-order valence-corrected chi connectivity index (χ4v) is 2.65. The van der Waals surface area contributed by atoms with Crippen molar-refractivity contribution in [3.8, 4) is 0 Å². The van der Waals surface area contributed by atoms with E-state index in [9.17, 15) is 9.59 Å². The Morgan fingerprint density at radius 1 is 0.636 bits per heavy atom. The number of amides is 2. The predicted octanol–water partition coefficient (Wildman–Crippen LogP) is 0.859. The fraction of sp³-hybridized carbons (Fsp3) is 0. The van der Waals surface area contributed by atoms with Crippen LogP contribution < -0.4 is 10.6 Å². The van der Waals surface area contributed by atoms with Gasteiger partial charge in [-0.3, -0.25) is 19.6 Å². The summed E-state index contributed by atoms with van der Waals surface area (Å²) in [5.74, 6) is -0.570. The van der Waals surface area contributed by atoms with Gasteiger partial charge in [0, 0.05) is 35.9 Å². The maximum Gasteiger partial charge on any atom is 0.258 e. The number of nitrogens with one attached hydrogen (secondary N) is 2. The number of aromatic nitrogens is 2. The number of carbonyl (C=O) groups excluding carboxylic acids is 2. The summed E-state index contributed by atoms with van der Waals surface area (Å²) in [4.78, 5) is 32.6. The third kappa shape index (κ3) is 1.74. The molecule has 2 amide bonds. The zero-order valence-electron chi connectivity index (χ0n) is 11.3. The van der Waals surface area contributed by atoms with Gasteiger partial charge in [-0.2, -0.15) is 0 Å². The van der Waals surface area contributed by atoms with Crippen LogP contribution in [-0.4, -0.2) is 21.8 Å². The molecule has 0 atom stereocenters. The van der Waals surface area contributed by atoms with Crippen molar-refractivity contribution in [2.45, 2.75) is 0 Å². The first-order chi connectivity index (χ1) is 10.8. The molecule has 6 heteroatoms. The Labute approximate surface area is 125 Å². The number of hydrogen-bond acceptors (Lipinski definition) is 4. The van der Waals surface area contributed by atoms with Crippen molar-refractivity contribution >= 4 is 23.2 Å². The van der Waals surface area contributed by atoms with Gasteiger partial charge in [0.1, 0.15) is 0 Å². The van der Waals surface area contributed by atoms with E-state index in [0.29, 0.717) is 22.5 Å². The predicted molar refractivity (Wildman–Crippen MR) is 78.6 cm³/mol. The lowest BCUT2D eigenvalue weighted by molar-refractivity contribution is -0.117. The summed E-state index contributed by atoms with van der Waals surface area (Å²) in [5, 5.41) is 5.56. The molecule has 6 nitrogen and oxygen atoms in total. The minimum absolute atomic E-state index is 0.285. The first kappa shape index (κ1) is 12.5. The average Bonchev–Trinajstić information content (AvgIpc) is 3.09. The van der Waals surface area contributed by atoms with Crippen LogP contribution >= 0.6 is 0 Å². The van der Waals surface area contributed by atoms with Gasteiger partial charge in [-0.1, -0.05) is 0 Å². The van der Waals surface area contributed by atoms with Crippen LogP contribution in [0.25, 0.3) is 11.4 Å². The van der Waals surface area contributed by atoms with Gasteiger partial charge in [0.2, 0.25) is 0 Å². The quantitative estimate of drug-likeness (QED) is 0.859. The second-order valence-electron chi connectivity index (χ2n) is 4.88. The Bertz CT molecular complexity index is 781. The Hall–Kier alpha value is -3.28. The van der Waals surface area contributed by atoms with Crippen LogP contribution in [-0.2, 0) is 9.59 Å². The van der Waals surface area contributed by atoms with Crippen LogP contribution in [0, 0.1) is 0 Å². The average molecular weight is 290 g/mol.